The molecule has 4 rings (SSSR count). The Morgan fingerprint density at radius 3 is 2.23 bits per heavy atom. The third-order valence-corrected chi connectivity index (χ3v) is 6.44. The summed E-state index contributed by atoms with van der Waals surface area (Å²) in [6.07, 6.45) is -0.293. The second-order valence-corrected chi connectivity index (χ2v) is 8.32. The van der Waals surface area contributed by atoms with Crippen molar-refractivity contribution in [3.63, 3.8) is 0 Å². The van der Waals surface area contributed by atoms with E-state index in [1.165, 1.54) is 12.3 Å². The van der Waals surface area contributed by atoms with Crippen LogP contribution in [0, 0.1) is 11.8 Å². The molecule has 0 atom stereocenters. The number of primary amides is 1. The Balaban J connectivity index is 1.41. The van der Waals surface area contributed by atoms with Crippen LogP contribution in [0.5, 0.6) is 0 Å². The molecule has 2 N–H and O–H groups in total. The molecule has 166 valence electrons. The Morgan fingerprint density at radius 1 is 0.968 bits per heavy atom. The van der Waals surface area contributed by atoms with Crippen molar-refractivity contribution >= 4 is 28.4 Å². The Labute approximate surface area is 178 Å². The molecule has 2 saturated heterocycles. The summed E-state index contributed by atoms with van der Waals surface area (Å²) >= 11 is 0. The molecule has 0 radical (unpaired) electrons. The van der Waals surface area contributed by atoms with Gasteiger partial charge >= 0.3 is 6.18 Å². The third-order valence-electron chi connectivity index (χ3n) is 6.44. The lowest BCUT2D eigenvalue weighted by Crippen LogP contribution is -2.46. The first-order valence-electron chi connectivity index (χ1n) is 10.5. The van der Waals surface area contributed by atoms with Crippen molar-refractivity contribution in [1.29, 1.82) is 0 Å². The summed E-state index contributed by atoms with van der Waals surface area (Å²) in [5, 5.41) is 0.675. The maximum absolute atomic E-state index is 13.0. The number of pyridine rings is 1. The van der Waals surface area contributed by atoms with Crippen molar-refractivity contribution < 1.29 is 22.8 Å². The van der Waals surface area contributed by atoms with Gasteiger partial charge in [0.2, 0.25) is 11.8 Å². The summed E-state index contributed by atoms with van der Waals surface area (Å²) in [6, 6.07) is 5.44. The number of halogens is 3. The number of amides is 2. The van der Waals surface area contributed by atoms with E-state index in [9.17, 15) is 22.8 Å². The van der Waals surface area contributed by atoms with Gasteiger partial charge < -0.3 is 15.5 Å². The van der Waals surface area contributed by atoms with Gasteiger partial charge in [0, 0.05) is 55.3 Å². The molecule has 0 saturated carbocycles. The van der Waals surface area contributed by atoms with E-state index in [1.807, 2.05) is 11.0 Å². The highest BCUT2D eigenvalue weighted by Gasteiger charge is 2.33. The number of anilines is 1. The van der Waals surface area contributed by atoms with Gasteiger partial charge in [0.1, 0.15) is 0 Å². The number of rotatable bonds is 3. The van der Waals surface area contributed by atoms with Crippen molar-refractivity contribution in [1.82, 2.24) is 9.88 Å². The first kappa shape index (κ1) is 21.4. The number of aromatic nitrogens is 1. The molecule has 2 amide bonds. The number of piperidine rings is 2. The zero-order chi connectivity index (χ0) is 22.2. The van der Waals surface area contributed by atoms with Gasteiger partial charge in [0.25, 0.3) is 0 Å². The number of carbonyl (C=O) groups is 2. The topological polar surface area (TPSA) is 79.5 Å². The van der Waals surface area contributed by atoms with Crippen LogP contribution in [0.3, 0.4) is 0 Å². The lowest BCUT2D eigenvalue weighted by Gasteiger charge is -2.37. The van der Waals surface area contributed by atoms with Crippen molar-refractivity contribution in [2.24, 2.45) is 17.6 Å². The molecule has 1 aromatic carbocycles. The van der Waals surface area contributed by atoms with Crippen LogP contribution in [0.1, 0.15) is 31.2 Å². The minimum absolute atomic E-state index is 0.0775. The minimum Gasteiger partial charge on any atom is -0.371 e. The van der Waals surface area contributed by atoms with Crippen molar-refractivity contribution in [3.05, 3.63) is 36.0 Å². The first-order valence-corrected chi connectivity index (χ1v) is 10.5. The molecule has 0 unspecified atom stereocenters. The van der Waals surface area contributed by atoms with Gasteiger partial charge in [-0.25, -0.2) is 0 Å². The van der Waals surface area contributed by atoms with E-state index in [-0.39, 0.29) is 23.7 Å². The van der Waals surface area contributed by atoms with Crippen LogP contribution in [-0.2, 0) is 15.8 Å². The average Bonchev–Trinajstić information content (AvgIpc) is 2.77. The predicted octanol–water partition coefficient (Wildman–Crippen LogP) is 3.19. The highest BCUT2D eigenvalue weighted by Crippen LogP contribution is 2.35. The quantitative estimate of drug-likeness (QED) is 0.805. The van der Waals surface area contributed by atoms with Crippen LogP contribution in [0.25, 0.3) is 10.9 Å². The standard InChI is InChI=1S/C22H25F3N4O2/c23-22(24,25)16-1-2-17-18(13-16)27-8-3-19(17)28-9-6-15(7-10-28)21(31)29-11-4-14(5-12-29)20(26)30/h1-3,8,13-15H,4-7,9-12H2,(H2,26,30). The van der Waals surface area contributed by atoms with Gasteiger partial charge in [0.15, 0.2) is 0 Å². The van der Waals surface area contributed by atoms with Gasteiger partial charge in [-0.15, -0.1) is 0 Å². The Bertz CT molecular complexity index is 978. The number of likely N-dealkylation sites (tertiary alicyclic amines) is 1. The van der Waals surface area contributed by atoms with E-state index in [0.29, 0.717) is 62.8 Å². The molecule has 0 aliphatic carbocycles. The van der Waals surface area contributed by atoms with Gasteiger partial charge in [-0.05, 0) is 43.9 Å². The predicted molar refractivity (Wildman–Crippen MR) is 110 cm³/mol. The van der Waals surface area contributed by atoms with Crippen molar-refractivity contribution in [2.75, 3.05) is 31.1 Å². The molecule has 9 heteroatoms. The van der Waals surface area contributed by atoms with E-state index in [4.69, 9.17) is 5.73 Å². The van der Waals surface area contributed by atoms with Crippen molar-refractivity contribution in [3.8, 4) is 0 Å². The lowest BCUT2D eigenvalue weighted by molar-refractivity contribution is -0.139. The first-order chi connectivity index (χ1) is 14.7. The van der Waals surface area contributed by atoms with Crippen LogP contribution in [-0.4, -0.2) is 47.9 Å². The number of alkyl halides is 3. The Hall–Kier alpha value is -2.84. The second kappa shape index (κ2) is 8.36. The molecule has 2 aliphatic rings. The molecule has 1 aromatic heterocycles. The van der Waals surface area contributed by atoms with Crippen LogP contribution in [0.15, 0.2) is 30.5 Å². The molecular weight excluding hydrogens is 409 g/mol. The van der Waals surface area contributed by atoms with Crippen LogP contribution in [0.2, 0.25) is 0 Å². The van der Waals surface area contributed by atoms with E-state index in [0.717, 1.165) is 17.8 Å². The normalized spacial score (nSPS) is 19.1. The maximum Gasteiger partial charge on any atom is 0.416 e. The number of carbonyl (C=O) groups excluding carboxylic acids is 2. The largest absolute Gasteiger partial charge is 0.416 e. The second-order valence-electron chi connectivity index (χ2n) is 8.32. The fraction of sp³-hybridized carbons (Fsp3) is 0.500. The van der Waals surface area contributed by atoms with E-state index in [2.05, 4.69) is 9.88 Å². The molecule has 6 nitrogen and oxygen atoms in total. The molecule has 31 heavy (non-hydrogen) atoms. The zero-order valence-corrected chi connectivity index (χ0v) is 17.1. The summed E-state index contributed by atoms with van der Waals surface area (Å²) in [5.74, 6) is -0.403. The van der Waals surface area contributed by atoms with E-state index >= 15 is 0 Å². The number of benzene rings is 1. The van der Waals surface area contributed by atoms with Gasteiger partial charge in [-0.3, -0.25) is 14.6 Å². The molecule has 2 aromatic rings. The number of nitrogens with zero attached hydrogens (tertiary/aromatic N) is 3. The van der Waals surface area contributed by atoms with Crippen molar-refractivity contribution in [2.45, 2.75) is 31.9 Å². The summed E-state index contributed by atoms with van der Waals surface area (Å²) < 4.78 is 39.0. The van der Waals surface area contributed by atoms with Crippen LogP contribution < -0.4 is 10.6 Å². The smallest absolute Gasteiger partial charge is 0.371 e. The average molecular weight is 434 g/mol. The van der Waals surface area contributed by atoms with Crippen LogP contribution >= 0.6 is 0 Å². The van der Waals surface area contributed by atoms with Gasteiger partial charge in [-0.1, -0.05) is 6.07 Å². The fourth-order valence-electron chi connectivity index (χ4n) is 4.60. The summed E-state index contributed by atoms with van der Waals surface area (Å²) in [7, 11) is 0. The Morgan fingerprint density at radius 2 is 1.61 bits per heavy atom. The number of fused-ring (bicyclic) bond motifs is 1. The van der Waals surface area contributed by atoms with E-state index < -0.39 is 11.7 Å². The zero-order valence-electron chi connectivity index (χ0n) is 17.1. The molecule has 2 aliphatic heterocycles. The lowest BCUT2D eigenvalue weighted by atomic mass is 9.91. The fourth-order valence-corrected chi connectivity index (χ4v) is 4.60. The third kappa shape index (κ3) is 4.45. The number of hydrogen-bond donors (Lipinski definition) is 1. The van der Waals surface area contributed by atoms with Gasteiger partial charge in [-0.2, -0.15) is 13.2 Å². The Kier molecular flexibility index (Phi) is 5.77. The molecule has 2 fully saturated rings. The molecular formula is C22H25F3N4O2. The minimum atomic E-state index is -4.41. The van der Waals surface area contributed by atoms with Gasteiger partial charge in [0.05, 0.1) is 11.1 Å². The number of nitrogens with two attached hydrogens (primary N) is 1. The molecule has 0 bridgehead atoms. The summed E-state index contributed by atoms with van der Waals surface area (Å²) in [6.45, 7) is 2.41. The SMILES string of the molecule is NC(=O)C1CCN(C(=O)C2CCN(c3ccnc4cc(C(F)(F)F)ccc34)CC2)CC1. The molecule has 3 heterocycles. The van der Waals surface area contributed by atoms with Crippen LogP contribution in [0.4, 0.5) is 18.9 Å². The maximum atomic E-state index is 13.0. The monoisotopic (exact) mass is 434 g/mol. The van der Waals surface area contributed by atoms with E-state index in [1.54, 1.807) is 0 Å². The highest BCUT2D eigenvalue weighted by molar-refractivity contribution is 5.92. The highest BCUT2D eigenvalue weighted by atomic mass is 19.4. The summed E-state index contributed by atoms with van der Waals surface area (Å²) in [5.41, 5.74) is 5.80. The number of hydrogen-bond acceptors (Lipinski definition) is 4. The summed E-state index contributed by atoms with van der Waals surface area (Å²) in [4.78, 5) is 32.3. The molecule has 0 spiro atoms.